The van der Waals surface area contributed by atoms with Crippen LogP contribution in [0.5, 0.6) is 0 Å². The van der Waals surface area contributed by atoms with Crippen molar-refractivity contribution in [3.05, 3.63) is 12.3 Å². The van der Waals surface area contributed by atoms with Crippen LogP contribution in [0.3, 0.4) is 0 Å². The fourth-order valence-corrected chi connectivity index (χ4v) is 0.431. The molecule has 0 saturated heterocycles. The third-order valence-corrected chi connectivity index (χ3v) is 1.20. The van der Waals surface area contributed by atoms with Gasteiger partial charge in [-0.1, -0.05) is 0 Å². The van der Waals surface area contributed by atoms with E-state index in [9.17, 15) is 0 Å². The fraction of sp³-hybridized carbons (Fsp3) is 0.400. The molecule has 0 bridgehead atoms. The Balaban J connectivity index is 3.37. The molecule has 3 heteroatoms. The van der Waals surface area contributed by atoms with Gasteiger partial charge in [0.15, 0.2) is 0 Å². The van der Waals surface area contributed by atoms with Gasteiger partial charge in [0, 0.05) is 7.05 Å². The van der Waals surface area contributed by atoms with Crippen molar-refractivity contribution in [3.63, 3.8) is 0 Å². The Bertz CT molecular complexity index is 98.6. The summed E-state index contributed by atoms with van der Waals surface area (Å²) >= 11 is 1.42. The summed E-state index contributed by atoms with van der Waals surface area (Å²) in [6.07, 6.45) is 5.33. The standard InChI is InChI=1S/C5H10N2S/c1-7-4-3-5(6)8-2/h3-4,6-7H,1-2H3/b4-3-,6-5?. The molecule has 0 unspecified atom stereocenters. The molecule has 0 fully saturated rings. The summed E-state index contributed by atoms with van der Waals surface area (Å²) in [4.78, 5) is 0. The van der Waals surface area contributed by atoms with Crippen molar-refractivity contribution < 1.29 is 0 Å². The van der Waals surface area contributed by atoms with Gasteiger partial charge in [-0.25, -0.2) is 0 Å². The second kappa shape index (κ2) is 4.71. The molecule has 0 amide bonds. The molecule has 0 saturated carbocycles. The molecule has 46 valence electrons. The van der Waals surface area contributed by atoms with Gasteiger partial charge in [0.1, 0.15) is 0 Å². The zero-order valence-electron chi connectivity index (χ0n) is 5.06. The molecule has 2 N–H and O–H groups in total. The quantitative estimate of drug-likeness (QED) is 0.433. The van der Waals surface area contributed by atoms with E-state index in [0.29, 0.717) is 5.04 Å². The zero-order chi connectivity index (χ0) is 6.41. The predicted molar refractivity (Wildman–Crippen MR) is 39.4 cm³/mol. The normalized spacial score (nSPS) is 9.75. The van der Waals surface area contributed by atoms with E-state index in [0.717, 1.165) is 0 Å². The Morgan fingerprint density at radius 1 is 1.75 bits per heavy atom. The summed E-state index contributed by atoms with van der Waals surface area (Å²) in [5, 5.41) is 10.4. The zero-order valence-corrected chi connectivity index (χ0v) is 5.88. The lowest BCUT2D eigenvalue weighted by Gasteiger charge is -1.87. The van der Waals surface area contributed by atoms with Crippen LogP contribution in [0.1, 0.15) is 0 Å². The van der Waals surface area contributed by atoms with Gasteiger partial charge in [-0.15, -0.1) is 11.8 Å². The minimum Gasteiger partial charge on any atom is -0.394 e. The van der Waals surface area contributed by atoms with Crippen LogP contribution < -0.4 is 5.32 Å². The Labute approximate surface area is 53.9 Å². The Hall–Kier alpha value is -0.440. The smallest absolute Gasteiger partial charge is 0.0881 e. The molecule has 0 aromatic rings. The summed E-state index contributed by atoms with van der Waals surface area (Å²) < 4.78 is 0. The van der Waals surface area contributed by atoms with Crippen molar-refractivity contribution in [1.29, 1.82) is 5.41 Å². The van der Waals surface area contributed by atoms with Crippen LogP contribution in [0.4, 0.5) is 0 Å². The van der Waals surface area contributed by atoms with Crippen LogP contribution >= 0.6 is 11.8 Å². The second-order valence-corrected chi connectivity index (χ2v) is 2.04. The summed E-state index contributed by atoms with van der Waals surface area (Å²) in [6, 6.07) is 0. The first-order valence-corrected chi connectivity index (χ1v) is 3.50. The van der Waals surface area contributed by atoms with Crippen LogP contribution in [0, 0.1) is 5.41 Å². The maximum Gasteiger partial charge on any atom is 0.0881 e. The molecule has 0 aliphatic heterocycles. The minimum atomic E-state index is 0.569. The van der Waals surface area contributed by atoms with Gasteiger partial charge in [-0.3, -0.25) is 5.41 Å². The first-order valence-electron chi connectivity index (χ1n) is 2.27. The summed E-state index contributed by atoms with van der Waals surface area (Å²) in [5.74, 6) is 0. The van der Waals surface area contributed by atoms with Crippen molar-refractivity contribution in [3.8, 4) is 0 Å². The van der Waals surface area contributed by atoms with Gasteiger partial charge < -0.3 is 5.32 Å². The van der Waals surface area contributed by atoms with Crippen molar-refractivity contribution in [2.75, 3.05) is 13.3 Å². The third-order valence-electron chi connectivity index (χ3n) is 0.621. The van der Waals surface area contributed by atoms with Gasteiger partial charge in [0.05, 0.1) is 5.04 Å². The molecule has 0 aliphatic carbocycles. The van der Waals surface area contributed by atoms with E-state index >= 15 is 0 Å². The van der Waals surface area contributed by atoms with Gasteiger partial charge in [0.2, 0.25) is 0 Å². The van der Waals surface area contributed by atoms with Gasteiger partial charge in [-0.05, 0) is 18.5 Å². The lowest BCUT2D eigenvalue weighted by atomic mass is 10.6. The van der Waals surface area contributed by atoms with E-state index in [1.165, 1.54) is 11.8 Å². The van der Waals surface area contributed by atoms with E-state index in [1.54, 1.807) is 12.3 Å². The van der Waals surface area contributed by atoms with Crippen LogP contribution in [0.25, 0.3) is 0 Å². The number of rotatable bonds is 2. The number of nitrogens with one attached hydrogen (secondary N) is 2. The van der Waals surface area contributed by atoms with E-state index in [-0.39, 0.29) is 0 Å². The van der Waals surface area contributed by atoms with Crippen LogP contribution in [0.15, 0.2) is 12.3 Å². The number of hydrogen-bond donors (Lipinski definition) is 2. The lowest BCUT2D eigenvalue weighted by Crippen LogP contribution is -1.93. The van der Waals surface area contributed by atoms with E-state index < -0.39 is 0 Å². The molecule has 0 atom stereocenters. The maximum absolute atomic E-state index is 7.08. The first kappa shape index (κ1) is 7.56. The van der Waals surface area contributed by atoms with Crippen molar-refractivity contribution in [1.82, 2.24) is 5.32 Å². The largest absolute Gasteiger partial charge is 0.394 e. The summed E-state index contributed by atoms with van der Waals surface area (Å²) in [6.45, 7) is 0. The van der Waals surface area contributed by atoms with Crippen molar-refractivity contribution in [2.24, 2.45) is 0 Å². The van der Waals surface area contributed by atoms with Crippen LogP contribution in [-0.2, 0) is 0 Å². The molecule has 8 heavy (non-hydrogen) atoms. The molecular weight excluding hydrogens is 120 g/mol. The molecule has 0 aromatic carbocycles. The predicted octanol–water partition coefficient (Wildman–Crippen LogP) is 1.06. The highest BCUT2D eigenvalue weighted by molar-refractivity contribution is 8.13. The maximum atomic E-state index is 7.08. The van der Waals surface area contributed by atoms with E-state index in [2.05, 4.69) is 5.32 Å². The molecule has 0 aliphatic rings. The van der Waals surface area contributed by atoms with Crippen molar-refractivity contribution >= 4 is 16.8 Å². The Morgan fingerprint density at radius 3 is 2.75 bits per heavy atom. The summed E-state index contributed by atoms with van der Waals surface area (Å²) in [5.41, 5.74) is 0. The first-order chi connectivity index (χ1) is 3.81. The monoisotopic (exact) mass is 130 g/mol. The fourth-order valence-electron chi connectivity index (χ4n) is 0.227. The number of thioether (sulfide) groups is 1. The SMILES string of the molecule is CN/C=C\C(=N)SC. The van der Waals surface area contributed by atoms with Gasteiger partial charge in [0.25, 0.3) is 0 Å². The van der Waals surface area contributed by atoms with Crippen LogP contribution in [-0.4, -0.2) is 18.3 Å². The lowest BCUT2D eigenvalue weighted by molar-refractivity contribution is 1.11. The van der Waals surface area contributed by atoms with Gasteiger partial charge >= 0.3 is 0 Å². The Kier molecular flexibility index (Phi) is 4.45. The summed E-state index contributed by atoms with van der Waals surface area (Å²) in [7, 11) is 1.81. The minimum absolute atomic E-state index is 0.569. The molecule has 0 spiro atoms. The molecule has 0 rings (SSSR count). The Morgan fingerprint density at radius 2 is 2.38 bits per heavy atom. The number of hydrogen-bond acceptors (Lipinski definition) is 3. The highest BCUT2D eigenvalue weighted by atomic mass is 32.2. The van der Waals surface area contributed by atoms with E-state index in [4.69, 9.17) is 5.41 Å². The molecule has 0 heterocycles. The highest BCUT2D eigenvalue weighted by Gasteiger charge is 1.80. The second-order valence-electron chi connectivity index (χ2n) is 1.19. The average Bonchev–Trinajstić information content (AvgIpc) is 1.83. The molecule has 2 nitrogen and oxygen atoms in total. The van der Waals surface area contributed by atoms with E-state index in [1.807, 2.05) is 13.3 Å². The topological polar surface area (TPSA) is 35.9 Å². The highest BCUT2D eigenvalue weighted by Crippen LogP contribution is 1.94. The van der Waals surface area contributed by atoms with Gasteiger partial charge in [-0.2, -0.15) is 0 Å². The molecule has 0 aromatic heterocycles. The van der Waals surface area contributed by atoms with Crippen LogP contribution in [0.2, 0.25) is 0 Å². The van der Waals surface area contributed by atoms with Crippen molar-refractivity contribution in [2.45, 2.75) is 0 Å². The molecule has 0 radical (unpaired) electrons. The average molecular weight is 130 g/mol. The molecular formula is C5H10N2S. The third kappa shape index (κ3) is 3.74.